The molecule has 3 nitrogen and oxygen atoms in total. The second-order valence-corrected chi connectivity index (χ2v) is 4.10. The predicted octanol–water partition coefficient (Wildman–Crippen LogP) is 2.19. The summed E-state index contributed by atoms with van der Waals surface area (Å²) in [5.74, 6) is 0. The Morgan fingerprint density at radius 2 is 2.33 bits per heavy atom. The molecule has 0 spiro atoms. The zero-order chi connectivity index (χ0) is 9.14. The second-order valence-electron chi connectivity index (χ2n) is 2.45. The molecule has 1 atom stereocenters. The number of rotatable bonds is 3. The Kier molecular flexibility index (Phi) is 3.77. The van der Waals surface area contributed by atoms with Crippen LogP contribution in [0.5, 0.6) is 0 Å². The van der Waals surface area contributed by atoms with E-state index in [9.17, 15) is 0 Å². The first-order valence-corrected chi connectivity index (χ1v) is 5.02. The number of H-pyrrole nitrogens is 1. The smallest absolute Gasteiger partial charge is 0.0966 e. The van der Waals surface area contributed by atoms with Crippen molar-refractivity contribution < 1.29 is 4.74 Å². The molecule has 0 aliphatic carbocycles. The van der Waals surface area contributed by atoms with Crippen LogP contribution in [-0.4, -0.2) is 18.7 Å². The van der Waals surface area contributed by atoms with Crippen molar-refractivity contribution in [3.63, 3.8) is 0 Å². The lowest BCUT2D eigenvalue weighted by molar-refractivity contribution is 0.180. The number of nitrogens with one attached hydrogen (secondary N) is 1. The zero-order valence-electron chi connectivity index (χ0n) is 6.60. The lowest BCUT2D eigenvalue weighted by Gasteiger charge is -2.06. The van der Waals surface area contributed by atoms with E-state index in [-0.39, 0.29) is 6.04 Å². The quantitative estimate of drug-likeness (QED) is 0.898. The van der Waals surface area contributed by atoms with Crippen molar-refractivity contribution in [3.05, 3.63) is 20.8 Å². The van der Waals surface area contributed by atoms with Gasteiger partial charge in [-0.3, -0.25) is 0 Å². The van der Waals surface area contributed by atoms with Crippen LogP contribution in [-0.2, 0) is 4.74 Å². The van der Waals surface area contributed by atoms with Crippen LogP contribution in [0.1, 0.15) is 11.7 Å². The summed E-state index contributed by atoms with van der Waals surface area (Å²) in [6, 6.07) is 1.84. The molecular formula is C7H10Br2N2O. The molecule has 1 aromatic heterocycles. The van der Waals surface area contributed by atoms with Crippen LogP contribution in [0.25, 0.3) is 0 Å². The Labute approximate surface area is 87.9 Å². The van der Waals surface area contributed by atoms with Gasteiger partial charge in [0.2, 0.25) is 0 Å². The summed E-state index contributed by atoms with van der Waals surface area (Å²) >= 11 is 6.70. The Balaban J connectivity index is 2.74. The SMILES string of the molecule is COC[C@H](N)c1cc(Br)c(Br)[nH]1. The number of hydrogen-bond acceptors (Lipinski definition) is 2. The average molecular weight is 298 g/mol. The number of nitrogens with two attached hydrogens (primary N) is 1. The molecule has 5 heteroatoms. The van der Waals surface area contributed by atoms with Crippen LogP contribution < -0.4 is 5.73 Å². The monoisotopic (exact) mass is 296 g/mol. The van der Waals surface area contributed by atoms with Crippen molar-refractivity contribution in [2.75, 3.05) is 13.7 Å². The van der Waals surface area contributed by atoms with Crippen molar-refractivity contribution in [3.8, 4) is 0 Å². The molecule has 1 heterocycles. The topological polar surface area (TPSA) is 51.0 Å². The third-order valence-electron chi connectivity index (χ3n) is 1.49. The summed E-state index contributed by atoms with van der Waals surface area (Å²) in [5, 5.41) is 0. The summed E-state index contributed by atoms with van der Waals surface area (Å²) in [7, 11) is 1.63. The lowest BCUT2D eigenvalue weighted by Crippen LogP contribution is -2.16. The molecule has 3 N–H and O–H groups in total. The normalized spacial score (nSPS) is 13.3. The van der Waals surface area contributed by atoms with Gasteiger partial charge in [-0.2, -0.15) is 0 Å². The molecule has 0 aliphatic rings. The number of ether oxygens (including phenoxy) is 1. The van der Waals surface area contributed by atoms with E-state index in [0.29, 0.717) is 6.61 Å². The third kappa shape index (κ3) is 2.32. The van der Waals surface area contributed by atoms with E-state index >= 15 is 0 Å². The van der Waals surface area contributed by atoms with E-state index in [2.05, 4.69) is 36.8 Å². The van der Waals surface area contributed by atoms with Gasteiger partial charge in [-0.15, -0.1) is 0 Å². The number of halogens is 2. The Morgan fingerprint density at radius 3 is 2.75 bits per heavy atom. The standard InChI is InChI=1S/C7H10Br2N2O/c1-12-3-5(10)6-2-4(8)7(9)11-6/h2,5,11H,3,10H2,1H3/t5-/m0/s1. The highest BCUT2D eigenvalue weighted by Crippen LogP contribution is 2.25. The van der Waals surface area contributed by atoms with Crippen LogP contribution >= 0.6 is 31.9 Å². The molecule has 0 amide bonds. The summed E-state index contributed by atoms with van der Waals surface area (Å²) in [4.78, 5) is 3.09. The fraction of sp³-hybridized carbons (Fsp3) is 0.429. The van der Waals surface area contributed by atoms with Gasteiger partial charge < -0.3 is 15.5 Å². The molecule has 0 unspecified atom stereocenters. The maximum absolute atomic E-state index is 5.79. The van der Waals surface area contributed by atoms with Crippen LogP contribution in [0.4, 0.5) is 0 Å². The predicted molar refractivity (Wildman–Crippen MR) is 55.0 cm³/mol. The number of aromatic nitrogens is 1. The first-order valence-electron chi connectivity index (χ1n) is 3.43. The molecule has 1 aromatic rings. The fourth-order valence-corrected chi connectivity index (χ4v) is 1.58. The van der Waals surface area contributed by atoms with Crippen LogP contribution in [0.15, 0.2) is 15.1 Å². The molecule has 1 rings (SSSR count). The highest BCUT2D eigenvalue weighted by Gasteiger charge is 2.09. The molecule has 0 saturated heterocycles. The number of hydrogen-bond donors (Lipinski definition) is 2. The van der Waals surface area contributed by atoms with Gasteiger partial charge in [-0.25, -0.2) is 0 Å². The van der Waals surface area contributed by atoms with Crippen molar-refractivity contribution in [1.29, 1.82) is 0 Å². The largest absolute Gasteiger partial charge is 0.383 e. The van der Waals surface area contributed by atoms with Crippen molar-refractivity contribution >= 4 is 31.9 Å². The molecule has 0 bridgehead atoms. The number of methoxy groups -OCH3 is 1. The lowest BCUT2D eigenvalue weighted by atomic mass is 10.2. The van der Waals surface area contributed by atoms with E-state index in [1.807, 2.05) is 6.07 Å². The molecule has 68 valence electrons. The van der Waals surface area contributed by atoms with E-state index < -0.39 is 0 Å². The van der Waals surface area contributed by atoms with Crippen molar-refractivity contribution in [2.45, 2.75) is 6.04 Å². The van der Waals surface area contributed by atoms with E-state index in [0.717, 1.165) is 14.8 Å². The van der Waals surface area contributed by atoms with Gasteiger partial charge in [-0.05, 0) is 37.9 Å². The molecule has 0 fully saturated rings. The highest BCUT2D eigenvalue weighted by atomic mass is 79.9. The molecule has 12 heavy (non-hydrogen) atoms. The van der Waals surface area contributed by atoms with Crippen LogP contribution in [0.2, 0.25) is 0 Å². The van der Waals surface area contributed by atoms with Crippen molar-refractivity contribution in [1.82, 2.24) is 4.98 Å². The molecule has 0 radical (unpaired) electrons. The van der Waals surface area contributed by atoms with Gasteiger partial charge in [0.05, 0.1) is 17.3 Å². The highest BCUT2D eigenvalue weighted by molar-refractivity contribution is 9.13. The minimum absolute atomic E-state index is 0.0994. The van der Waals surface area contributed by atoms with E-state index in [4.69, 9.17) is 10.5 Å². The summed E-state index contributed by atoms with van der Waals surface area (Å²) < 4.78 is 6.81. The molecule has 0 aromatic carbocycles. The molecular weight excluding hydrogens is 288 g/mol. The van der Waals surface area contributed by atoms with Gasteiger partial charge in [0.25, 0.3) is 0 Å². The maximum atomic E-state index is 5.79. The van der Waals surface area contributed by atoms with Crippen LogP contribution in [0.3, 0.4) is 0 Å². The first-order chi connectivity index (χ1) is 5.65. The van der Waals surface area contributed by atoms with Gasteiger partial charge in [0.15, 0.2) is 0 Å². The minimum Gasteiger partial charge on any atom is -0.383 e. The average Bonchev–Trinajstić information content (AvgIpc) is 2.33. The summed E-state index contributed by atoms with van der Waals surface area (Å²) in [6.07, 6.45) is 0. The summed E-state index contributed by atoms with van der Waals surface area (Å²) in [6.45, 7) is 0.513. The van der Waals surface area contributed by atoms with Gasteiger partial charge in [0, 0.05) is 17.3 Å². The molecule has 0 aliphatic heterocycles. The van der Waals surface area contributed by atoms with Gasteiger partial charge in [0.1, 0.15) is 0 Å². The molecule has 0 saturated carbocycles. The maximum Gasteiger partial charge on any atom is 0.0966 e. The Morgan fingerprint density at radius 1 is 1.67 bits per heavy atom. The van der Waals surface area contributed by atoms with Crippen LogP contribution in [0, 0.1) is 0 Å². The minimum atomic E-state index is -0.0994. The number of aromatic amines is 1. The first kappa shape index (κ1) is 10.2. The summed E-state index contributed by atoms with van der Waals surface area (Å²) in [5.41, 5.74) is 6.74. The zero-order valence-corrected chi connectivity index (χ0v) is 9.78. The van der Waals surface area contributed by atoms with E-state index in [1.165, 1.54) is 0 Å². The fourth-order valence-electron chi connectivity index (χ4n) is 0.891. The van der Waals surface area contributed by atoms with E-state index in [1.54, 1.807) is 7.11 Å². The van der Waals surface area contributed by atoms with Crippen molar-refractivity contribution in [2.24, 2.45) is 5.73 Å². The second kappa shape index (κ2) is 4.41. The third-order valence-corrected chi connectivity index (χ3v) is 3.27. The Hall–Kier alpha value is 0.160. The van der Waals surface area contributed by atoms with Gasteiger partial charge >= 0.3 is 0 Å². The van der Waals surface area contributed by atoms with Gasteiger partial charge in [-0.1, -0.05) is 0 Å². The Bertz CT molecular complexity index is 242.